The Hall–Kier alpha value is -0.530. The van der Waals surface area contributed by atoms with E-state index in [-0.39, 0.29) is 12.0 Å². The number of hydrogen-bond acceptors (Lipinski definition) is 1. The summed E-state index contributed by atoms with van der Waals surface area (Å²) < 4.78 is 0. The Balaban J connectivity index is 2.99. The molecule has 1 N–H and O–H groups in total. The summed E-state index contributed by atoms with van der Waals surface area (Å²) in [6.45, 7) is 8.53. The van der Waals surface area contributed by atoms with Crippen LogP contribution in [0.5, 0.6) is 0 Å². The minimum absolute atomic E-state index is 0.132. The van der Waals surface area contributed by atoms with Gasteiger partial charge in [0.2, 0.25) is 0 Å². The summed E-state index contributed by atoms with van der Waals surface area (Å²) >= 11 is 6.25. The van der Waals surface area contributed by atoms with Crippen LogP contribution in [-0.2, 0) is 11.8 Å². The van der Waals surface area contributed by atoms with E-state index in [1.807, 2.05) is 19.9 Å². The Bertz CT molecular complexity index is 356. The Morgan fingerprint density at radius 1 is 1.31 bits per heavy atom. The van der Waals surface area contributed by atoms with Gasteiger partial charge in [-0.15, -0.1) is 0 Å². The molecule has 2 heteroatoms. The third-order valence-electron chi connectivity index (χ3n) is 2.86. The third kappa shape index (κ3) is 3.23. The molecule has 0 aliphatic rings. The zero-order valence-electron chi connectivity index (χ0n) is 10.5. The van der Waals surface area contributed by atoms with Crippen molar-refractivity contribution in [3.8, 4) is 0 Å². The molecule has 0 spiro atoms. The first-order valence-corrected chi connectivity index (χ1v) is 6.14. The van der Waals surface area contributed by atoms with Crippen LogP contribution < -0.4 is 0 Å². The Kier molecular flexibility index (Phi) is 4.40. The Labute approximate surface area is 103 Å². The quantitative estimate of drug-likeness (QED) is 0.849. The maximum absolute atomic E-state index is 9.31. The van der Waals surface area contributed by atoms with Crippen LogP contribution in [0.3, 0.4) is 0 Å². The lowest BCUT2D eigenvalue weighted by Gasteiger charge is -2.23. The predicted octanol–water partition coefficient (Wildman–Crippen LogP) is 3.81. The van der Waals surface area contributed by atoms with Gasteiger partial charge in [-0.2, -0.15) is 0 Å². The van der Waals surface area contributed by atoms with E-state index in [4.69, 9.17) is 11.6 Å². The molecule has 0 aliphatic heterocycles. The van der Waals surface area contributed by atoms with Gasteiger partial charge in [-0.25, -0.2) is 0 Å². The van der Waals surface area contributed by atoms with Gasteiger partial charge < -0.3 is 5.11 Å². The fourth-order valence-corrected chi connectivity index (χ4v) is 1.92. The van der Waals surface area contributed by atoms with Crippen molar-refractivity contribution in [2.24, 2.45) is 5.92 Å². The lowest BCUT2D eigenvalue weighted by Crippen LogP contribution is -2.22. The van der Waals surface area contributed by atoms with E-state index >= 15 is 0 Å². The van der Waals surface area contributed by atoms with Gasteiger partial charge in [0.15, 0.2) is 0 Å². The maximum Gasteiger partial charge on any atom is 0.0522 e. The molecule has 0 aromatic heterocycles. The highest BCUT2D eigenvalue weighted by molar-refractivity contribution is 6.31. The smallest absolute Gasteiger partial charge is 0.0522 e. The highest BCUT2D eigenvalue weighted by atomic mass is 35.5. The second-order valence-corrected chi connectivity index (χ2v) is 5.85. The van der Waals surface area contributed by atoms with Gasteiger partial charge in [0.1, 0.15) is 0 Å². The largest absolute Gasteiger partial charge is 0.395 e. The van der Waals surface area contributed by atoms with Crippen LogP contribution in [0.1, 0.15) is 38.8 Å². The first kappa shape index (κ1) is 13.5. The van der Waals surface area contributed by atoms with E-state index in [1.54, 1.807) is 0 Å². The Morgan fingerprint density at radius 3 is 2.38 bits per heavy atom. The van der Waals surface area contributed by atoms with Crippen molar-refractivity contribution in [1.82, 2.24) is 0 Å². The second kappa shape index (κ2) is 5.20. The zero-order chi connectivity index (χ0) is 12.3. The van der Waals surface area contributed by atoms with Crippen molar-refractivity contribution in [2.75, 3.05) is 6.61 Å². The first-order valence-electron chi connectivity index (χ1n) is 5.76. The van der Waals surface area contributed by atoms with Crippen molar-refractivity contribution in [3.63, 3.8) is 0 Å². The molecule has 16 heavy (non-hydrogen) atoms. The van der Waals surface area contributed by atoms with Crippen LogP contribution in [0.2, 0.25) is 5.02 Å². The molecule has 90 valence electrons. The molecule has 0 unspecified atom stereocenters. The number of halogens is 1. The molecule has 0 aliphatic carbocycles. The summed E-state index contributed by atoms with van der Waals surface area (Å²) in [5, 5.41) is 10.1. The van der Waals surface area contributed by atoms with Gasteiger partial charge in [-0.3, -0.25) is 0 Å². The van der Waals surface area contributed by atoms with E-state index in [0.717, 1.165) is 17.0 Å². The molecule has 0 amide bonds. The number of benzene rings is 1. The highest BCUT2D eigenvalue weighted by Crippen LogP contribution is 2.28. The summed E-state index contributed by atoms with van der Waals surface area (Å²) in [5.41, 5.74) is 2.06. The number of aliphatic hydroxyl groups is 1. The van der Waals surface area contributed by atoms with Crippen molar-refractivity contribution in [3.05, 3.63) is 34.3 Å². The van der Waals surface area contributed by atoms with Gasteiger partial charge in [0, 0.05) is 10.4 Å². The molecule has 0 heterocycles. The van der Waals surface area contributed by atoms with Crippen LogP contribution in [0, 0.1) is 5.92 Å². The molecule has 1 aromatic rings. The number of aliphatic hydroxyl groups excluding tert-OH is 1. The fourth-order valence-electron chi connectivity index (χ4n) is 1.66. The number of hydrogen-bond donors (Lipinski definition) is 1. The normalized spacial score (nSPS) is 12.2. The fraction of sp³-hybridized carbons (Fsp3) is 0.571. The Morgan fingerprint density at radius 2 is 1.94 bits per heavy atom. The summed E-state index contributed by atoms with van der Waals surface area (Å²) in [6, 6.07) is 6.13. The predicted molar refractivity (Wildman–Crippen MR) is 70.1 cm³/mol. The van der Waals surface area contributed by atoms with Crippen LogP contribution in [0.15, 0.2) is 18.2 Å². The van der Waals surface area contributed by atoms with E-state index in [2.05, 4.69) is 26.0 Å². The van der Waals surface area contributed by atoms with Crippen molar-refractivity contribution in [1.29, 1.82) is 0 Å². The molecule has 1 rings (SSSR count). The molecule has 0 saturated heterocycles. The summed E-state index contributed by atoms with van der Waals surface area (Å²) in [5.74, 6) is 0.606. The summed E-state index contributed by atoms with van der Waals surface area (Å²) in [6.07, 6.45) is 0.999. The van der Waals surface area contributed by atoms with Crippen molar-refractivity contribution < 1.29 is 5.11 Å². The molecule has 0 bridgehead atoms. The molecular formula is C14H21ClO. The maximum atomic E-state index is 9.31. The monoisotopic (exact) mass is 240 g/mol. The zero-order valence-corrected chi connectivity index (χ0v) is 11.3. The third-order valence-corrected chi connectivity index (χ3v) is 3.21. The summed E-state index contributed by atoms with van der Waals surface area (Å²) in [7, 11) is 0. The lowest BCUT2D eigenvalue weighted by atomic mass is 9.85. The standard InChI is InChI=1S/C14H21ClO/c1-10(2)7-11-5-6-12(8-13(11)15)14(3,4)9-16/h5-6,8,10,16H,7,9H2,1-4H3. The van der Waals surface area contributed by atoms with E-state index in [9.17, 15) is 5.11 Å². The van der Waals surface area contributed by atoms with Gasteiger partial charge in [0.25, 0.3) is 0 Å². The van der Waals surface area contributed by atoms with Crippen LogP contribution in [-0.4, -0.2) is 11.7 Å². The van der Waals surface area contributed by atoms with E-state index < -0.39 is 0 Å². The molecule has 1 nitrogen and oxygen atoms in total. The second-order valence-electron chi connectivity index (χ2n) is 5.45. The molecular weight excluding hydrogens is 220 g/mol. The van der Waals surface area contributed by atoms with Crippen LogP contribution in [0.25, 0.3) is 0 Å². The molecule has 0 radical (unpaired) electrons. The number of rotatable bonds is 4. The average Bonchev–Trinajstić information content (AvgIpc) is 2.20. The first-order chi connectivity index (χ1) is 7.36. The topological polar surface area (TPSA) is 20.2 Å². The molecule has 0 fully saturated rings. The highest BCUT2D eigenvalue weighted by Gasteiger charge is 2.20. The SMILES string of the molecule is CC(C)Cc1ccc(C(C)(C)CO)cc1Cl. The lowest BCUT2D eigenvalue weighted by molar-refractivity contribution is 0.218. The van der Waals surface area contributed by atoms with Crippen LogP contribution in [0.4, 0.5) is 0 Å². The molecule has 1 aromatic carbocycles. The van der Waals surface area contributed by atoms with Gasteiger partial charge in [0.05, 0.1) is 6.61 Å². The van der Waals surface area contributed by atoms with E-state index in [0.29, 0.717) is 5.92 Å². The van der Waals surface area contributed by atoms with Crippen molar-refractivity contribution in [2.45, 2.75) is 39.5 Å². The molecule has 0 atom stereocenters. The van der Waals surface area contributed by atoms with Crippen LogP contribution >= 0.6 is 11.6 Å². The minimum Gasteiger partial charge on any atom is -0.395 e. The van der Waals surface area contributed by atoms with Gasteiger partial charge in [-0.05, 0) is 29.5 Å². The van der Waals surface area contributed by atoms with Gasteiger partial charge >= 0.3 is 0 Å². The minimum atomic E-state index is -0.222. The average molecular weight is 241 g/mol. The van der Waals surface area contributed by atoms with Gasteiger partial charge in [-0.1, -0.05) is 51.4 Å². The molecule has 0 saturated carbocycles. The van der Waals surface area contributed by atoms with Crippen molar-refractivity contribution >= 4 is 11.6 Å². The summed E-state index contributed by atoms with van der Waals surface area (Å²) in [4.78, 5) is 0. The van der Waals surface area contributed by atoms with E-state index in [1.165, 1.54) is 5.56 Å².